The quantitative estimate of drug-likeness (QED) is 0.708. The van der Waals surface area contributed by atoms with Crippen molar-refractivity contribution in [1.82, 2.24) is 19.4 Å². The highest BCUT2D eigenvalue weighted by Crippen LogP contribution is 2.11. The molecule has 1 aromatic rings. The summed E-state index contributed by atoms with van der Waals surface area (Å²) in [4.78, 5) is 0. The SMILES string of the molecule is COCCn1cc(NS(=O)(=O)N2CCNCC2)cn1. The van der Waals surface area contributed by atoms with Crippen molar-refractivity contribution in [3.05, 3.63) is 12.4 Å². The molecule has 2 N–H and O–H groups in total. The topological polar surface area (TPSA) is 88.5 Å². The first-order chi connectivity index (χ1) is 9.12. The van der Waals surface area contributed by atoms with E-state index in [0.29, 0.717) is 45.0 Å². The highest BCUT2D eigenvalue weighted by Gasteiger charge is 2.23. The third-order valence-electron chi connectivity index (χ3n) is 2.82. The van der Waals surface area contributed by atoms with Crippen molar-refractivity contribution in [2.24, 2.45) is 0 Å². The number of anilines is 1. The zero-order chi connectivity index (χ0) is 13.7. The molecule has 1 fully saturated rings. The Hall–Kier alpha value is -1.16. The molecule has 9 heteroatoms. The molecular formula is C10H19N5O3S. The second kappa shape index (κ2) is 6.33. The Balaban J connectivity index is 1.97. The molecule has 2 heterocycles. The maximum absolute atomic E-state index is 12.1. The lowest BCUT2D eigenvalue weighted by atomic mass is 10.4. The van der Waals surface area contributed by atoms with Crippen LogP contribution in [0, 0.1) is 0 Å². The summed E-state index contributed by atoms with van der Waals surface area (Å²) in [6.07, 6.45) is 3.15. The molecule has 0 aromatic carbocycles. The van der Waals surface area contributed by atoms with E-state index in [1.54, 1.807) is 18.0 Å². The number of ether oxygens (including phenoxy) is 1. The van der Waals surface area contributed by atoms with Gasteiger partial charge in [-0.3, -0.25) is 9.40 Å². The lowest BCUT2D eigenvalue weighted by molar-refractivity contribution is 0.183. The second-order valence-electron chi connectivity index (χ2n) is 4.24. The lowest BCUT2D eigenvalue weighted by Gasteiger charge is -2.26. The highest BCUT2D eigenvalue weighted by molar-refractivity contribution is 7.90. The Kier molecular flexibility index (Phi) is 4.75. The zero-order valence-corrected chi connectivity index (χ0v) is 11.7. The third-order valence-corrected chi connectivity index (χ3v) is 4.36. The van der Waals surface area contributed by atoms with E-state index < -0.39 is 10.2 Å². The minimum absolute atomic E-state index is 0.467. The van der Waals surface area contributed by atoms with Crippen LogP contribution in [0.15, 0.2) is 12.4 Å². The molecule has 19 heavy (non-hydrogen) atoms. The van der Waals surface area contributed by atoms with Crippen molar-refractivity contribution < 1.29 is 13.2 Å². The minimum Gasteiger partial charge on any atom is -0.383 e. The molecule has 0 amide bonds. The van der Waals surface area contributed by atoms with Gasteiger partial charge in [0.05, 0.1) is 25.0 Å². The summed E-state index contributed by atoms with van der Waals surface area (Å²) >= 11 is 0. The summed E-state index contributed by atoms with van der Waals surface area (Å²) < 4.78 is 34.7. The summed E-state index contributed by atoms with van der Waals surface area (Å²) in [5, 5.41) is 7.18. The fourth-order valence-electron chi connectivity index (χ4n) is 1.82. The van der Waals surface area contributed by atoms with Crippen LogP contribution in [0.1, 0.15) is 0 Å². The fraction of sp³-hybridized carbons (Fsp3) is 0.700. The summed E-state index contributed by atoms with van der Waals surface area (Å²) in [6.45, 7) is 3.43. The minimum atomic E-state index is -3.48. The predicted octanol–water partition coefficient (Wildman–Crippen LogP) is -0.909. The summed E-state index contributed by atoms with van der Waals surface area (Å²) in [5.41, 5.74) is 0.467. The van der Waals surface area contributed by atoms with Crippen LogP contribution in [0.2, 0.25) is 0 Å². The van der Waals surface area contributed by atoms with Gasteiger partial charge in [-0.15, -0.1) is 0 Å². The molecule has 1 aliphatic heterocycles. The van der Waals surface area contributed by atoms with E-state index in [-0.39, 0.29) is 0 Å². The van der Waals surface area contributed by atoms with Gasteiger partial charge in [-0.05, 0) is 0 Å². The number of nitrogens with one attached hydrogen (secondary N) is 2. The maximum Gasteiger partial charge on any atom is 0.301 e. The number of rotatable bonds is 6. The average Bonchev–Trinajstić information content (AvgIpc) is 2.84. The number of hydrogen-bond donors (Lipinski definition) is 2. The van der Waals surface area contributed by atoms with Crippen LogP contribution in [-0.4, -0.2) is 62.4 Å². The van der Waals surface area contributed by atoms with Crippen molar-refractivity contribution in [2.45, 2.75) is 6.54 Å². The molecule has 2 rings (SSSR count). The van der Waals surface area contributed by atoms with Gasteiger partial charge in [0.15, 0.2) is 0 Å². The summed E-state index contributed by atoms with van der Waals surface area (Å²) in [6, 6.07) is 0. The maximum atomic E-state index is 12.1. The smallest absolute Gasteiger partial charge is 0.301 e. The van der Waals surface area contributed by atoms with Gasteiger partial charge in [0, 0.05) is 39.5 Å². The normalized spacial score (nSPS) is 17.5. The van der Waals surface area contributed by atoms with E-state index in [1.165, 1.54) is 10.5 Å². The van der Waals surface area contributed by atoms with Crippen molar-refractivity contribution in [3.63, 3.8) is 0 Å². The van der Waals surface area contributed by atoms with Gasteiger partial charge in [-0.1, -0.05) is 0 Å². The van der Waals surface area contributed by atoms with Gasteiger partial charge in [0.25, 0.3) is 0 Å². The number of piperazine rings is 1. The van der Waals surface area contributed by atoms with Crippen molar-refractivity contribution in [2.75, 3.05) is 44.6 Å². The molecule has 0 spiro atoms. The molecule has 1 saturated heterocycles. The van der Waals surface area contributed by atoms with Gasteiger partial charge in [0.2, 0.25) is 0 Å². The van der Waals surface area contributed by atoms with Crippen LogP contribution in [0.4, 0.5) is 5.69 Å². The Morgan fingerprint density at radius 1 is 1.47 bits per heavy atom. The monoisotopic (exact) mass is 289 g/mol. The van der Waals surface area contributed by atoms with Crippen molar-refractivity contribution >= 4 is 15.9 Å². The zero-order valence-electron chi connectivity index (χ0n) is 10.9. The van der Waals surface area contributed by atoms with Gasteiger partial charge in [-0.2, -0.15) is 17.8 Å². The van der Waals surface area contributed by atoms with E-state index in [1.807, 2.05) is 0 Å². The van der Waals surface area contributed by atoms with E-state index in [2.05, 4.69) is 15.1 Å². The number of nitrogens with zero attached hydrogens (tertiary/aromatic N) is 3. The molecule has 0 atom stereocenters. The Morgan fingerprint density at radius 2 is 2.21 bits per heavy atom. The van der Waals surface area contributed by atoms with Gasteiger partial charge >= 0.3 is 10.2 Å². The Morgan fingerprint density at radius 3 is 2.89 bits per heavy atom. The molecule has 1 aromatic heterocycles. The standard InChI is InChI=1S/C10H19N5O3S/c1-18-7-6-14-9-10(8-12-14)13-19(16,17)15-4-2-11-3-5-15/h8-9,11,13H,2-7H2,1H3. The highest BCUT2D eigenvalue weighted by atomic mass is 32.2. The van der Waals surface area contributed by atoms with Crippen LogP contribution in [0.5, 0.6) is 0 Å². The largest absolute Gasteiger partial charge is 0.383 e. The van der Waals surface area contributed by atoms with E-state index >= 15 is 0 Å². The molecule has 0 saturated carbocycles. The number of hydrogen-bond acceptors (Lipinski definition) is 5. The Bertz CT molecular complexity index is 495. The van der Waals surface area contributed by atoms with Crippen molar-refractivity contribution in [3.8, 4) is 0 Å². The summed E-state index contributed by atoms with van der Waals surface area (Å²) in [7, 11) is -1.88. The van der Waals surface area contributed by atoms with Gasteiger partial charge in [-0.25, -0.2) is 0 Å². The van der Waals surface area contributed by atoms with Crippen LogP contribution in [0.25, 0.3) is 0 Å². The molecule has 8 nitrogen and oxygen atoms in total. The lowest BCUT2D eigenvalue weighted by Crippen LogP contribution is -2.48. The van der Waals surface area contributed by atoms with E-state index in [0.717, 1.165) is 0 Å². The first kappa shape index (κ1) is 14.3. The van der Waals surface area contributed by atoms with Crippen molar-refractivity contribution in [1.29, 1.82) is 0 Å². The molecule has 1 aliphatic rings. The van der Waals surface area contributed by atoms with Crippen LogP contribution in [-0.2, 0) is 21.5 Å². The first-order valence-electron chi connectivity index (χ1n) is 6.12. The molecular weight excluding hydrogens is 270 g/mol. The Labute approximate surface area is 112 Å². The summed E-state index contributed by atoms with van der Waals surface area (Å²) in [5.74, 6) is 0. The fourth-order valence-corrected chi connectivity index (χ4v) is 3.02. The molecule has 0 radical (unpaired) electrons. The first-order valence-corrected chi connectivity index (χ1v) is 7.56. The third kappa shape index (κ3) is 3.90. The molecule has 0 aliphatic carbocycles. The predicted molar refractivity (Wildman–Crippen MR) is 71.1 cm³/mol. The second-order valence-corrected chi connectivity index (χ2v) is 5.91. The van der Waals surface area contributed by atoms with Crippen LogP contribution in [0.3, 0.4) is 0 Å². The van der Waals surface area contributed by atoms with Gasteiger partial charge < -0.3 is 10.1 Å². The van der Waals surface area contributed by atoms with E-state index in [9.17, 15) is 8.42 Å². The number of methoxy groups -OCH3 is 1. The molecule has 0 bridgehead atoms. The van der Waals surface area contributed by atoms with Crippen LogP contribution < -0.4 is 10.0 Å². The van der Waals surface area contributed by atoms with E-state index in [4.69, 9.17) is 4.74 Å². The average molecular weight is 289 g/mol. The molecule has 0 unspecified atom stereocenters. The van der Waals surface area contributed by atoms with Crippen LogP contribution >= 0.6 is 0 Å². The molecule has 108 valence electrons. The number of aromatic nitrogens is 2. The van der Waals surface area contributed by atoms with Gasteiger partial charge in [0.1, 0.15) is 0 Å².